The third-order valence-corrected chi connectivity index (χ3v) is 6.22. The topological polar surface area (TPSA) is 101 Å². The maximum absolute atomic E-state index is 12.5. The van der Waals surface area contributed by atoms with Crippen molar-refractivity contribution in [3.05, 3.63) is 35.4 Å². The first-order valence-corrected chi connectivity index (χ1v) is 10.1. The van der Waals surface area contributed by atoms with E-state index >= 15 is 0 Å². The number of fused-ring (bicyclic) bond motifs is 1. The van der Waals surface area contributed by atoms with E-state index in [1.54, 1.807) is 17.0 Å². The molecule has 0 aliphatic carbocycles. The predicted molar refractivity (Wildman–Crippen MR) is 101 cm³/mol. The van der Waals surface area contributed by atoms with Gasteiger partial charge in [0, 0.05) is 30.8 Å². The van der Waals surface area contributed by atoms with Gasteiger partial charge in [-0.25, -0.2) is 0 Å². The third-order valence-electron chi connectivity index (χ3n) is 5.39. The molecule has 0 spiro atoms. The molecule has 1 aromatic carbocycles. The molecule has 1 aromatic rings. The van der Waals surface area contributed by atoms with Crippen LogP contribution in [0.4, 0.5) is 5.69 Å². The molecule has 2 aliphatic rings. The van der Waals surface area contributed by atoms with Crippen LogP contribution in [0.15, 0.2) is 29.8 Å². The molecule has 1 unspecified atom stereocenters. The molecule has 2 aliphatic heterocycles. The lowest BCUT2D eigenvalue weighted by molar-refractivity contribution is -0.145. The van der Waals surface area contributed by atoms with Crippen LogP contribution in [0.1, 0.15) is 38.2 Å². The summed E-state index contributed by atoms with van der Waals surface area (Å²) in [5.41, 5.74) is 2.36. The lowest BCUT2D eigenvalue weighted by atomic mass is 9.94. The maximum atomic E-state index is 12.5. The van der Waals surface area contributed by atoms with Crippen LogP contribution in [0.2, 0.25) is 0 Å². The lowest BCUT2D eigenvalue weighted by Gasteiger charge is -2.38. The number of amides is 1. The van der Waals surface area contributed by atoms with Gasteiger partial charge < -0.3 is 14.6 Å². The van der Waals surface area contributed by atoms with E-state index in [-0.39, 0.29) is 24.3 Å². The highest BCUT2D eigenvalue weighted by Crippen LogP contribution is 2.35. The van der Waals surface area contributed by atoms with Crippen molar-refractivity contribution in [2.24, 2.45) is 5.92 Å². The van der Waals surface area contributed by atoms with Crippen molar-refractivity contribution in [1.29, 1.82) is 0 Å². The van der Waals surface area contributed by atoms with Gasteiger partial charge in [-0.2, -0.15) is 0 Å². The predicted octanol–water partition coefficient (Wildman–Crippen LogP) is 2.18. The molecular formula is C19H23N2O5S-. The second-order valence-electron chi connectivity index (χ2n) is 6.99. The molecule has 3 rings (SSSR count). The van der Waals surface area contributed by atoms with Crippen molar-refractivity contribution in [2.75, 3.05) is 17.4 Å². The number of benzene rings is 1. The van der Waals surface area contributed by atoms with E-state index in [0.29, 0.717) is 38.0 Å². The van der Waals surface area contributed by atoms with Crippen molar-refractivity contribution in [3.8, 4) is 0 Å². The van der Waals surface area contributed by atoms with E-state index in [9.17, 15) is 18.4 Å². The number of likely N-dealkylation sites (tertiary alicyclic amines) is 1. The van der Waals surface area contributed by atoms with Crippen LogP contribution in [0.25, 0.3) is 6.08 Å². The molecule has 1 N–H and O–H groups in total. The van der Waals surface area contributed by atoms with Crippen molar-refractivity contribution in [1.82, 2.24) is 4.90 Å². The van der Waals surface area contributed by atoms with Gasteiger partial charge in [0.05, 0.1) is 17.6 Å². The highest BCUT2D eigenvalue weighted by Gasteiger charge is 2.29. The van der Waals surface area contributed by atoms with Crippen LogP contribution in [-0.4, -0.2) is 49.8 Å². The molecule has 7 nitrogen and oxygen atoms in total. The third kappa shape index (κ3) is 4.22. The smallest absolute Gasteiger partial charge is 0.306 e. The van der Waals surface area contributed by atoms with Crippen molar-refractivity contribution in [3.63, 3.8) is 0 Å². The summed E-state index contributed by atoms with van der Waals surface area (Å²) in [4.78, 5) is 25.2. The van der Waals surface area contributed by atoms with Crippen molar-refractivity contribution in [2.45, 2.75) is 38.6 Å². The number of rotatable bonds is 5. The summed E-state index contributed by atoms with van der Waals surface area (Å²) < 4.78 is 24.8. The largest absolute Gasteiger partial charge is 0.755 e. The summed E-state index contributed by atoms with van der Waals surface area (Å²) in [7, 11) is 0. The Morgan fingerprint density at radius 1 is 1.26 bits per heavy atom. The number of carboxylic acid groups (broad SMARTS) is 1. The number of hydrogen-bond acceptors (Lipinski definition) is 4. The van der Waals surface area contributed by atoms with Crippen LogP contribution in [-0.2, 0) is 20.9 Å². The Labute approximate surface area is 161 Å². The Morgan fingerprint density at radius 3 is 2.56 bits per heavy atom. The zero-order valence-electron chi connectivity index (χ0n) is 15.2. The first kappa shape index (κ1) is 19.6. The van der Waals surface area contributed by atoms with E-state index in [2.05, 4.69) is 0 Å². The van der Waals surface area contributed by atoms with Gasteiger partial charge in [-0.05, 0) is 43.4 Å². The fourth-order valence-electron chi connectivity index (χ4n) is 3.77. The summed E-state index contributed by atoms with van der Waals surface area (Å²) in [5.74, 6) is -1.18. The number of aliphatic carboxylic acids is 1. The van der Waals surface area contributed by atoms with Gasteiger partial charge in [0.1, 0.15) is 0 Å². The quantitative estimate of drug-likeness (QED) is 0.775. The zero-order chi connectivity index (χ0) is 19.6. The number of para-hydroxylation sites is 1. The number of carbonyl (C=O) groups is 2. The molecule has 146 valence electrons. The van der Waals surface area contributed by atoms with Gasteiger partial charge in [-0.1, -0.05) is 24.3 Å². The maximum Gasteiger partial charge on any atom is 0.306 e. The fourth-order valence-corrected chi connectivity index (χ4v) is 4.49. The average Bonchev–Trinajstić information content (AvgIpc) is 2.65. The lowest BCUT2D eigenvalue weighted by Crippen LogP contribution is -2.41. The minimum Gasteiger partial charge on any atom is -0.755 e. The van der Waals surface area contributed by atoms with Crippen LogP contribution in [0, 0.1) is 5.92 Å². The summed E-state index contributed by atoms with van der Waals surface area (Å²) in [5, 5.41) is 9.05. The van der Waals surface area contributed by atoms with Crippen LogP contribution < -0.4 is 4.31 Å². The number of carboxylic acids is 1. The zero-order valence-corrected chi connectivity index (χ0v) is 16.0. The first-order valence-electron chi connectivity index (χ1n) is 9.07. The number of nitrogens with zero attached hydrogens (tertiary/aromatic N) is 2. The minimum atomic E-state index is -2.40. The molecule has 1 fully saturated rings. The van der Waals surface area contributed by atoms with Gasteiger partial charge in [-0.15, -0.1) is 0 Å². The molecule has 0 saturated carbocycles. The van der Waals surface area contributed by atoms with E-state index in [0.717, 1.165) is 11.1 Å². The van der Waals surface area contributed by atoms with E-state index in [1.807, 2.05) is 25.1 Å². The molecule has 0 radical (unpaired) electrons. The SMILES string of the molecule is C[C@@H]1C(CCC(=O)N2CCC(C(=O)O)CC2)=Cc2ccccc2N1S(=O)[O-]. The van der Waals surface area contributed by atoms with E-state index < -0.39 is 17.2 Å². The molecule has 2 heterocycles. The summed E-state index contributed by atoms with van der Waals surface area (Å²) >= 11 is -2.40. The number of carbonyl (C=O) groups excluding carboxylic acids is 1. The Balaban J connectivity index is 1.65. The van der Waals surface area contributed by atoms with Gasteiger partial charge in [0.15, 0.2) is 0 Å². The van der Waals surface area contributed by atoms with E-state index in [4.69, 9.17) is 5.11 Å². The molecule has 0 aromatic heterocycles. The molecule has 8 heteroatoms. The van der Waals surface area contributed by atoms with E-state index in [1.165, 1.54) is 4.31 Å². The Morgan fingerprint density at radius 2 is 1.93 bits per heavy atom. The van der Waals surface area contributed by atoms with Crippen LogP contribution in [0.3, 0.4) is 0 Å². The average molecular weight is 391 g/mol. The number of anilines is 1. The fraction of sp³-hybridized carbons (Fsp3) is 0.474. The molecule has 1 saturated heterocycles. The van der Waals surface area contributed by atoms with Crippen LogP contribution >= 0.6 is 0 Å². The van der Waals surface area contributed by atoms with Gasteiger partial charge in [0.25, 0.3) is 0 Å². The number of hydrogen-bond donors (Lipinski definition) is 1. The van der Waals surface area contributed by atoms with Crippen LogP contribution in [0.5, 0.6) is 0 Å². The monoisotopic (exact) mass is 391 g/mol. The Kier molecular flexibility index (Phi) is 5.96. The summed E-state index contributed by atoms with van der Waals surface area (Å²) in [6.07, 6.45) is 3.69. The molecule has 1 amide bonds. The second-order valence-corrected chi connectivity index (χ2v) is 7.82. The standard InChI is InChI=1S/C19H24N2O5S/c1-13-15(12-16-4-2-3-5-17(16)21(13)27(25)26)6-7-18(22)20-10-8-14(9-11-20)19(23)24/h2-5,12-14H,6-11H2,1H3,(H,23,24)(H,25,26)/p-1/t13-/m1/s1. The minimum absolute atomic E-state index is 0.0133. The molecule has 0 bridgehead atoms. The molecule has 2 atom stereocenters. The number of piperidine rings is 1. The Bertz CT molecular complexity index is 786. The van der Waals surface area contributed by atoms with Gasteiger partial charge >= 0.3 is 5.97 Å². The Hall–Kier alpha value is -2.19. The second kappa shape index (κ2) is 8.22. The molecular weight excluding hydrogens is 368 g/mol. The van der Waals surface area contributed by atoms with Gasteiger partial charge in [0.2, 0.25) is 5.91 Å². The van der Waals surface area contributed by atoms with Gasteiger partial charge in [-0.3, -0.25) is 18.1 Å². The summed E-state index contributed by atoms with van der Waals surface area (Å²) in [6.45, 7) is 2.74. The summed E-state index contributed by atoms with van der Waals surface area (Å²) in [6, 6.07) is 6.94. The first-order chi connectivity index (χ1) is 12.9. The highest BCUT2D eigenvalue weighted by atomic mass is 32.2. The van der Waals surface area contributed by atoms with Crippen molar-refractivity contribution >= 4 is 34.9 Å². The molecule has 27 heavy (non-hydrogen) atoms. The highest BCUT2D eigenvalue weighted by molar-refractivity contribution is 7.80. The van der Waals surface area contributed by atoms with Crippen molar-refractivity contribution < 1.29 is 23.5 Å². The normalized spacial score (nSPS) is 21.4.